The van der Waals surface area contributed by atoms with Crippen molar-refractivity contribution in [3.05, 3.63) is 42.2 Å². The van der Waals surface area contributed by atoms with Gasteiger partial charge in [0, 0.05) is 5.56 Å². The molecule has 0 atom stereocenters. The first-order chi connectivity index (χ1) is 8.84. The van der Waals surface area contributed by atoms with Crippen molar-refractivity contribution in [2.75, 3.05) is 22.6 Å². The molecule has 3 N–H and O–H groups in total. The van der Waals surface area contributed by atoms with Crippen LogP contribution in [-0.2, 0) is 0 Å². The second-order valence-corrected chi connectivity index (χ2v) is 3.80. The molecular formula is C12H11N5O. The zero-order valence-electron chi connectivity index (χ0n) is 9.47. The van der Waals surface area contributed by atoms with Crippen molar-refractivity contribution in [2.45, 2.75) is 0 Å². The van der Waals surface area contributed by atoms with E-state index in [-0.39, 0.29) is 5.91 Å². The first-order valence-corrected chi connectivity index (χ1v) is 5.54. The minimum absolute atomic E-state index is 0.190. The van der Waals surface area contributed by atoms with Crippen LogP contribution >= 0.6 is 0 Å². The summed E-state index contributed by atoms with van der Waals surface area (Å²) >= 11 is 0. The summed E-state index contributed by atoms with van der Waals surface area (Å²) in [5.41, 5.74) is 1.32. The predicted octanol–water partition coefficient (Wildman–Crippen LogP) is 1.52. The Kier molecular flexibility index (Phi) is 2.53. The lowest BCUT2D eigenvalue weighted by Gasteiger charge is -2.07. The lowest BCUT2D eigenvalue weighted by Crippen LogP contribution is -2.14. The van der Waals surface area contributed by atoms with Crippen molar-refractivity contribution < 1.29 is 4.79 Å². The summed E-state index contributed by atoms with van der Waals surface area (Å²) in [4.78, 5) is 20.1. The maximum atomic E-state index is 12.0. The molecule has 2 heterocycles. The Balaban J connectivity index is 1.86. The number of nitrogens with one attached hydrogen (secondary N) is 3. The largest absolute Gasteiger partial charge is 0.362 e. The van der Waals surface area contributed by atoms with Gasteiger partial charge >= 0.3 is 0 Å². The van der Waals surface area contributed by atoms with Crippen molar-refractivity contribution in [3.8, 4) is 0 Å². The van der Waals surface area contributed by atoms with E-state index in [1.807, 2.05) is 18.2 Å². The Morgan fingerprint density at radius 3 is 2.83 bits per heavy atom. The Bertz CT molecular complexity index is 584. The molecule has 0 saturated heterocycles. The lowest BCUT2D eigenvalue weighted by atomic mass is 10.2. The standard InChI is InChI=1S/C12H11N5O/c18-12(8-4-2-1-3-5-8)17-11-9-10(14-6-13-9)15-7-16-11/h1-5,7,13H,6H2,(H2,14,15,16,17,18). The van der Waals surface area contributed by atoms with Gasteiger partial charge in [0.05, 0.1) is 6.67 Å². The van der Waals surface area contributed by atoms with E-state index in [1.54, 1.807) is 12.1 Å². The number of benzene rings is 1. The number of carbonyl (C=O) groups excluding carboxylic acids is 1. The zero-order valence-corrected chi connectivity index (χ0v) is 9.47. The molecule has 0 spiro atoms. The fourth-order valence-electron chi connectivity index (χ4n) is 1.77. The van der Waals surface area contributed by atoms with E-state index < -0.39 is 0 Å². The third-order valence-corrected chi connectivity index (χ3v) is 2.64. The fraction of sp³-hybridized carbons (Fsp3) is 0.0833. The van der Waals surface area contributed by atoms with Gasteiger partial charge in [-0.25, -0.2) is 9.97 Å². The van der Waals surface area contributed by atoms with Gasteiger partial charge in [0.15, 0.2) is 11.6 Å². The van der Waals surface area contributed by atoms with E-state index in [0.29, 0.717) is 23.9 Å². The highest BCUT2D eigenvalue weighted by Gasteiger charge is 2.17. The number of hydrogen-bond donors (Lipinski definition) is 3. The first-order valence-electron chi connectivity index (χ1n) is 5.54. The van der Waals surface area contributed by atoms with Crippen molar-refractivity contribution in [1.29, 1.82) is 0 Å². The average Bonchev–Trinajstić information content (AvgIpc) is 2.89. The zero-order chi connectivity index (χ0) is 12.4. The van der Waals surface area contributed by atoms with Gasteiger partial charge in [-0.2, -0.15) is 0 Å². The van der Waals surface area contributed by atoms with E-state index in [4.69, 9.17) is 0 Å². The van der Waals surface area contributed by atoms with Crippen LogP contribution in [0.1, 0.15) is 10.4 Å². The van der Waals surface area contributed by atoms with Crippen LogP contribution in [0.2, 0.25) is 0 Å². The topological polar surface area (TPSA) is 78.9 Å². The molecule has 0 bridgehead atoms. The van der Waals surface area contributed by atoms with Crippen molar-refractivity contribution in [2.24, 2.45) is 0 Å². The molecular weight excluding hydrogens is 230 g/mol. The van der Waals surface area contributed by atoms with Gasteiger partial charge < -0.3 is 16.0 Å². The van der Waals surface area contributed by atoms with E-state index in [0.717, 1.165) is 5.69 Å². The Labute approximate surface area is 103 Å². The van der Waals surface area contributed by atoms with Crippen LogP contribution in [0.4, 0.5) is 17.3 Å². The maximum Gasteiger partial charge on any atom is 0.256 e. The lowest BCUT2D eigenvalue weighted by molar-refractivity contribution is 0.102. The molecule has 0 saturated carbocycles. The highest BCUT2D eigenvalue weighted by Crippen LogP contribution is 2.29. The Morgan fingerprint density at radius 2 is 2.00 bits per heavy atom. The number of amides is 1. The molecule has 3 rings (SSSR count). The fourth-order valence-corrected chi connectivity index (χ4v) is 1.77. The molecule has 90 valence electrons. The van der Waals surface area contributed by atoms with Crippen molar-refractivity contribution in [3.63, 3.8) is 0 Å². The highest BCUT2D eigenvalue weighted by atomic mass is 16.1. The molecule has 0 fully saturated rings. The normalized spacial score (nSPS) is 12.2. The van der Waals surface area contributed by atoms with Crippen LogP contribution in [0.15, 0.2) is 36.7 Å². The third-order valence-electron chi connectivity index (χ3n) is 2.64. The molecule has 0 unspecified atom stereocenters. The summed E-state index contributed by atoms with van der Waals surface area (Å²) in [7, 11) is 0. The van der Waals surface area contributed by atoms with Gasteiger partial charge in [-0.05, 0) is 12.1 Å². The van der Waals surface area contributed by atoms with E-state index in [1.165, 1.54) is 6.33 Å². The minimum atomic E-state index is -0.190. The predicted molar refractivity (Wildman–Crippen MR) is 68.5 cm³/mol. The van der Waals surface area contributed by atoms with Crippen LogP contribution < -0.4 is 16.0 Å². The van der Waals surface area contributed by atoms with Crippen LogP contribution in [0.5, 0.6) is 0 Å². The van der Waals surface area contributed by atoms with Crippen molar-refractivity contribution >= 4 is 23.2 Å². The van der Waals surface area contributed by atoms with Gasteiger partial charge in [0.25, 0.3) is 5.91 Å². The van der Waals surface area contributed by atoms with E-state index in [2.05, 4.69) is 25.9 Å². The number of anilines is 3. The van der Waals surface area contributed by atoms with Gasteiger partial charge in [0.2, 0.25) is 0 Å². The molecule has 0 aliphatic carbocycles. The van der Waals surface area contributed by atoms with Crippen LogP contribution in [0.25, 0.3) is 0 Å². The smallest absolute Gasteiger partial charge is 0.256 e. The summed E-state index contributed by atoms with van der Waals surface area (Å²) in [5.74, 6) is 0.998. The molecule has 6 nitrogen and oxygen atoms in total. The average molecular weight is 241 g/mol. The minimum Gasteiger partial charge on any atom is -0.362 e. The summed E-state index contributed by atoms with van der Waals surface area (Å²) in [5, 5.41) is 8.88. The van der Waals surface area contributed by atoms with E-state index >= 15 is 0 Å². The molecule has 2 aromatic rings. The third kappa shape index (κ3) is 1.84. The monoisotopic (exact) mass is 241 g/mol. The number of aromatic nitrogens is 2. The molecule has 1 amide bonds. The quantitative estimate of drug-likeness (QED) is 0.743. The molecule has 0 radical (unpaired) electrons. The summed E-state index contributed by atoms with van der Waals surface area (Å²) < 4.78 is 0. The highest BCUT2D eigenvalue weighted by molar-refractivity contribution is 6.06. The van der Waals surface area contributed by atoms with Crippen LogP contribution in [-0.4, -0.2) is 22.5 Å². The van der Waals surface area contributed by atoms with Gasteiger partial charge in [-0.1, -0.05) is 18.2 Å². The molecule has 1 aromatic heterocycles. The second kappa shape index (κ2) is 4.33. The maximum absolute atomic E-state index is 12.0. The Hall–Kier alpha value is -2.63. The molecule has 1 aromatic carbocycles. The molecule has 6 heteroatoms. The molecule has 18 heavy (non-hydrogen) atoms. The van der Waals surface area contributed by atoms with Gasteiger partial charge in [-0.3, -0.25) is 4.79 Å². The summed E-state index contributed by atoms with van der Waals surface area (Å²) in [6.45, 7) is 0.586. The number of rotatable bonds is 2. The van der Waals surface area contributed by atoms with Crippen LogP contribution in [0, 0.1) is 0 Å². The van der Waals surface area contributed by atoms with Crippen molar-refractivity contribution in [1.82, 2.24) is 9.97 Å². The SMILES string of the molecule is O=C(Nc1ncnc2c1NCN2)c1ccccc1. The van der Waals surface area contributed by atoms with Crippen LogP contribution in [0.3, 0.4) is 0 Å². The number of carbonyl (C=O) groups is 1. The number of hydrogen-bond acceptors (Lipinski definition) is 5. The van der Waals surface area contributed by atoms with Gasteiger partial charge in [-0.15, -0.1) is 0 Å². The summed E-state index contributed by atoms with van der Waals surface area (Å²) in [6.07, 6.45) is 1.42. The van der Waals surface area contributed by atoms with E-state index in [9.17, 15) is 4.79 Å². The first kappa shape index (κ1) is 10.5. The molecule has 1 aliphatic rings. The number of nitrogens with zero attached hydrogens (tertiary/aromatic N) is 2. The second-order valence-electron chi connectivity index (χ2n) is 3.80. The van der Waals surface area contributed by atoms with Gasteiger partial charge in [0.1, 0.15) is 12.0 Å². The number of fused-ring (bicyclic) bond motifs is 1. The summed E-state index contributed by atoms with van der Waals surface area (Å²) in [6, 6.07) is 9.01. The molecule has 1 aliphatic heterocycles. The Morgan fingerprint density at radius 1 is 1.17 bits per heavy atom.